The molecular formula is C13H15F7N2O2. The summed E-state index contributed by atoms with van der Waals surface area (Å²) in [7, 11) is 0. The molecule has 0 radical (unpaired) electrons. The molecule has 0 spiro atoms. The fourth-order valence-corrected chi connectivity index (χ4v) is 2.64. The Morgan fingerprint density at radius 3 is 2.54 bits per heavy atom. The molecule has 0 fully saturated rings. The summed E-state index contributed by atoms with van der Waals surface area (Å²) in [6.45, 7) is -1.96. The summed E-state index contributed by atoms with van der Waals surface area (Å²) < 4.78 is 95.4. The molecule has 4 nitrogen and oxygen atoms in total. The van der Waals surface area contributed by atoms with Gasteiger partial charge in [0.25, 0.3) is 5.92 Å². The summed E-state index contributed by atoms with van der Waals surface area (Å²) in [4.78, 5) is 0. The van der Waals surface area contributed by atoms with Gasteiger partial charge in [-0.05, 0) is 19.8 Å². The van der Waals surface area contributed by atoms with Crippen molar-refractivity contribution in [2.45, 2.75) is 63.6 Å². The lowest BCUT2D eigenvalue weighted by Crippen LogP contribution is -2.33. The van der Waals surface area contributed by atoms with E-state index in [1.54, 1.807) is 0 Å². The lowest BCUT2D eigenvalue weighted by atomic mass is 9.89. The molecule has 0 bridgehead atoms. The zero-order valence-electron chi connectivity index (χ0n) is 12.5. The number of halogens is 7. The van der Waals surface area contributed by atoms with Crippen LogP contribution in [0.3, 0.4) is 0 Å². The maximum atomic E-state index is 13.6. The van der Waals surface area contributed by atoms with Crippen molar-refractivity contribution >= 4 is 0 Å². The zero-order valence-corrected chi connectivity index (χ0v) is 12.5. The van der Waals surface area contributed by atoms with Crippen LogP contribution in [0, 0.1) is 0 Å². The van der Waals surface area contributed by atoms with Gasteiger partial charge < -0.3 is 9.84 Å². The minimum atomic E-state index is -5.02. The third-order valence-electron chi connectivity index (χ3n) is 3.82. The van der Waals surface area contributed by atoms with Crippen molar-refractivity contribution in [2.24, 2.45) is 0 Å². The number of aliphatic hydroxyl groups excluding tert-OH is 1. The number of aryl methyl sites for hydroxylation is 1. The van der Waals surface area contributed by atoms with Crippen molar-refractivity contribution in [2.75, 3.05) is 0 Å². The van der Waals surface area contributed by atoms with Gasteiger partial charge in [0.2, 0.25) is 0 Å². The second kappa shape index (κ2) is 6.51. The predicted molar refractivity (Wildman–Crippen MR) is 66.6 cm³/mol. The Balaban J connectivity index is 2.31. The summed E-state index contributed by atoms with van der Waals surface area (Å²) in [6, 6.07) is 0. The Kier molecular flexibility index (Phi) is 5.14. The minimum absolute atomic E-state index is 0.0950. The van der Waals surface area contributed by atoms with Crippen LogP contribution in [-0.4, -0.2) is 33.5 Å². The fourth-order valence-electron chi connectivity index (χ4n) is 2.64. The lowest BCUT2D eigenvalue weighted by Gasteiger charge is -2.28. The Morgan fingerprint density at radius 2 is 2.00 bits per heavy atom. The first-order valence-corrected chi connectivity index (χ1v) is 7.09. The Hall–Kier alpha value is -1.36. The summed E-state index contributed by atoms with van der Waals surface area (Å²) in [5.41, 5.74) is -2.68. The van der Waals surface area contributed by atoms with Crippen LogP contribution in [0.2, 0.25) is 0 Å². The zero-order chi connectivity index (χ0) is 18.3. The molecule has 138 valence electrons. The first kappa shape index (κ1) is 19.0. The second-order valence-corrected chi connectivity index (χ2v) is 5.59. The first-order valence-electron chi connectivity index (χ1n) is 7.09. The summed E-state index contributed by atoms with van der Waals surface area (Å²) >= 11 is 0. The van der Waals surface area contributed by atoms with Crippen molar-refractivity contribution in [3.8, 4) is 0 Å². The molecule has 1 heterocycles. The lowest BCUT2D eigenvalue weighted by molar-refractivity contribution is -0.159. The third-order valence-corrected chi connectivity index (χ3v) is 3.82. The molecule has 2 rings (SSSR count). The van der Waals surface area contributed by atoms with Crippen molar-refractivity contribution in [3.63, 3.8) is 0 Å². The van der Waals surface area contributed by atoms with E-state index in [1.165, 1.54) is 6.92 Å². The maximum absolute atomic E-state index is 13.6. The van der Waals surface area contributed by atoms with Gasteiger partial charge in [-0.3, -0.25) is 4.68 Å². The van der Waals surface area contributed by atoms with E-state index in [-0.39, 0.29) is 18.7 Å². The molecule has 2 atom stereocenters. The number of hydrogen-bond donors (Lipinski definition) is 1. The first-order chi connectivity index (χ1) is 10.9. The van der Waals surface area contributed by atoms with Crippen LogP contribution < -0.4 is 0 Å². The number of aromatic nitrogens is 2. The number of ether oxygens (including phenoxy) is 1. The van der Waals surface area contributed by atoms with Gasteiger partial charge in [-0.15, -0.1) is 0 Å². The van der Waals surface area contributed by atoms with Crippen LogP contribution in [0.25, 0.3) is 0 Å². The molecule has 1 unspecified atom stereocenters. The van der Waals surface area contributed by atoms with Gasteiger partial charge in [-0.1, -0.05) is 0 Å². The SMILES string of the molecule is CC(CCn1nc(C(F)(F)F)c2c1CCC(F)(F)[C@H]2O)OC(F)F. The van der Waals surface area contributed by atoms with Crippen LogP contribution >= 0.6 is 0 Å². The van der Waals surface area contributed by atoms with Crippen LogP contribution in [0.15, 0.2) is 0 Å². The van der Waals surface area contributed by atoms with Crippen molar-refractivity contribution in [3.05, 3.63) is 17.0 Å². The van der Waals surface area contributed by atoms with Gasteiger partial charge in [0.1, 0.15) is 6.10 Å². The summed E-state index contributed by atoms with van der Waals surface area (Å²) in [5, 5.41) is 12.9. The molecule has 0 aromatic carbocycles. The summed E-state index contributed by atoms with van der Waals surface area (Å²) in [5.74, 6) is -3.69. The number of hydrogen-bond acceptors (Lipinski definition) is 3. The van der Waals surface area contributed by atoms with E-state index >= 15 is 0 Å². The van der Waals surface area contributed by atoms with Gasteiger partial charge >= 0.3 is 12.8 Å². The topological polar surface area (TPSA) is 47.3 Å². The largest absolute Gasteiger partial charge is 0.435 e. The number of fused-ring (bicyclic) bond motifs is 1. The second-order valence-electron chi connectivity index (χ2n) is 5.59. The van der Waals surface area contributed by atoms with Gasteiger partial charge in [0.15, 0.2) is 5.69 Å². The van der Waals surface area contributed by atoms with E-state index < -0.39 is 55.0 Å². The van der Waals surface area contributed by atoms with Crippen molar-refractivity contribution in [1.82, 2.24) is 9.78 Å². The fraction of sp³-hybridized carbons (Fsp3) is 0.769. The molecule has 0 amide bonds. The molecule has 1 aliphatic carbocycles. The Bertz CT molecular complexity index is 586. The maximum Gasteiger partial charge on any atom is 0.435 e. The highest BCUT2D eigenvalue weighted by Crippen LogP contribution is 2.46. The smallest absolute Gasteiger partial charge is 0.382 e. The van der Waals surface area contributed by atoms with E-state index in [9.17, 15) is 35.8 Å². The number of nitrogens with zero attached hydrogens (tertiary/aromatic N) is 2. The average molecular weight is 364 g/mol. The molecule has 0 aliphatic heterocycles. The van der Waals surface area contributed by atoms with Crippen LogP contribution in [-0.2, 0) is 23.9 Å². The molecule has 1 N–H and O–H groups in total. The summed E-state index contributed by atoms with van der Waals surface area (Å²) in [6.07, 6.45) is -9.92. The Labute approximate surface area is 132 Å². The highest BCUT2D eigenvalue weighted by molar-refractivity contribution is 5.35. The van der Waals surface area contributed by atoms with Gasteiger partial charge in [0, 0.05) is 24.2 Å². The van der Waals surface area contributed by atoms with E-state index in [0.717, 1.165) is 4.68 Å². The van der Waals surface area contributed by atoms with Crippen molar-refractivity contribution in [1.29, 1.82) is 0 Å². The monoisotopic (exact) mass is 364 g/mol. The number of alkyl halides is 7. The minimum Gasteiger partial charge on any atom is -0.382 e. The van der Waals surface area contributed by atoms with E-state index in [4.69, 9.17) is 0 Å². The standard InChI is InChI=1S/C13H15F7N2O2/c1-6(24-11(14)15)3-5-22-7-2-4-12(16,17)10(23)8(7)9(21-22)13(18,19)20/h6,10-11,23H,2-5H2,1H3/t6?,10-/m0/s1. The van der Waals surface area contributed by atoms with Crippen LogP contribution in [0.1, 0.15) is 42.8 Å². The van der Waals surface area contributed by atoms with Gasteiger partial charge in [-0.25, -0.2) is 8.78 Å². The normalized spacial score (nSPS) is 21.8. The molecule has 1 aromatic rings. The van der Waals surface area contributed by atoms with Crippen LogP contribution in [0.5, 0.6) is 0 Å². The molecule has 0 saturated carbocycles. The molecule has 1 aliphatic rings. The Morgan fingerprint density at radius 1 is 1.38 bits per heavy atom. The number of aliphatic hydroxyl groups is 1. The van der Waals surface area contributed by atoms with Crippen molar-refractivity contribution < 1.29 is 40.6 Å². The van der Waals surface area contributed by atoms with E-state index in [2.05, 4.69) is 9.84 Å². The quantitative estimate of drug-likeness (QED) is 0.813. The average Bonchev–Trinajstić information content (AvgIpc) is 2.79. The molecular weight excluding hydrogens is 349 g/mol. The van der Waals surface area contributed by atoms with Crippen LogP contribution in [0.4, 0.5) is 30.7 Å². The predicted octanol–water partition coefficient (Wildman–Crippen LogP) is 3.53. The molecule has 1 aromatic heterocycles. The van der Waals surface area contributed by atoms with E-state index in [1.807, 2.05) is 0 Å². The van der Waals surface area contributed by atoms with Gasteiger partial charge in [0.05, 0.1) is 6.10 Å². The highest BCUT2D eigenvalue weighted by Gasteiger charge is 2.51. The molecule has 24 heavy (non-hydrogen) atoms. The highest BCUT2D eigenvalue weighted by atomic mass is 19.4. The number of rotatable bonds is 5. The third kappa shape index (κ3) is 3.82. The molecule has 0 saturated heterocycles. The van der Waals surface area contributed by atoms with Gasteiger partial charge in [-0.2, -0.15) is 27.1 Å². The molecule has 11 heteroatoms. The van der Waals surface area contributed by atoms with E-state index in [0.29, 0.717) is 0 Å².